The molecule has 2 heterocycles. The van der Waals surface area contributed by atoms with Gasteiger partial charge >= 0.3 is 0 Å². The number of amidine groups is 1. The van der Waals surface area contributed by atoms with Gasteiger partial charge in [0.05, 0.1) is 12.7 Å². The van der Waals surface area contributed by atoms with Crippen molar-refractivity contribution < 1.29 is 0 Å². The van der Waals surface area contributed by atoms with E-state index < -0.39 is 0 Å². The van der Waals surface area contributed by atoms with Gasteiger partial charge in [-0.3, -0.25) is 9.67 Å². The Morgan fingerprint density at radius 2 is 2.45 bits per heavy atom. The number of nitrogens with one attached hydrogen (secondary N) is 1. The molecule has 1 N–H and O–H groups in total. The molecule has 1 saturated carbocycles. The number of aromatic nitrogens is 2. The monoisotopic (exact) mass is 292 g/mol. The summed E-state index contributed by atoms with van der Waals surface area (Å²) in [5, 5.41) is 9.12. The van der Waals surface area contributed by atoms with Crippen LogP contribution in [0.15, 0.2) is 11.2 Å². The normalized spacial score (nSPS) is 31.9. The molecule has 2 atom stereocenters. The van der Waals surface area contributed by atoms with Crippen LogP contribution < -0.4 is 5.32 Å². The van der Waals surface area contributed by atoms with E-state index in [9.17, 15) is 0 Å². The van der Waals surface area contributed by atoms with Crippen LogP contribution in [-0.4, -0.2) is 26.2 Å². The molecule has 5 heteroatoms. The third-order valence-electron chi connectivity index (χ3n) is 4.68. The first-order valence-corrected chi connectivity index (χ1v) is 8.49. The summed E-state index contributed by atoms with van der Waals surface area (Å²) in [6.07, 6.45) is 7.26. The molecule has 1 aliphatic carbocycles. The van der Waals surface area contributed by atoms with Gasteiger partial charge < -0.3 is 5.32 Å². The second-order valence-electron chi connectivity index (χ2n) is 6.40. The van der Waals surface area contributed by atoms with Gasteiger partial charge in [0.1, 0.15) is 0 Å². The van der Waals surface area contributed by atoms with Gasteiger partial charge in [-0.1, -0.05) is 31.5 Å². The van der Waals surface area contributed by atoms with Crippen LogP contribution in [0.2, 0.25) is 0 Å². The van der Waals surface area contributed by atoms with E-state index in [4.69, 9.17) is 4.99 Å². The van der Waals surface area contributed by atoms with E-state index in [2.05, 4.69) is 24.3 Å². The fourth-order valence-electron chi connectivity index (χ4n) is 3.35. The minimum absolute atomic E-state index is 0.325. The van der Waals surface area contributed by atoms with Crippen LogP contribution in [0.4, 0.5) is 0 Å². The van der Waals surface area contributed by atoms with Gasteiger partial charge in [0.2, 0.25) is 0 Å². The van der Waals surface area contributed by atoms with E-state index in [-0.39, 0.29) is 0 Å². The zero-order valence-electron chi connectivity index (χ0n) is 12.6. The van der Waals surface area contributed by atoms with Gasteiger partial charge in [0.15, 0.2) is 5.17 Å². The predicted molar refractivity (Wildman–Crippen MR) is 85.0 cm³/mol. The Balaban J connectivity index is 1.65. The largest absolute Gasteiger partial charge is 0.359 e. The van der Waals surface area contributed by atoms with Crippen molar-refractivity contribution in [3.8, 4) is 0 Å². The number of aliphatic imine (C=N–C) groups is 1. The fraction of sp³-hybridized carbons (Fsp3) is 0.733. The second-order valence-corrected chi connectivity index (χ2v) is 7.36. The van der Waals surface area contributed by atoms with Crippen molar-refractivity contribution >= 4 is 16.9 Å². The molecule has 4 nitrogen and oxygen atoms in total. The molecular formula is C15H24N4S. The fourth-order valence-corrected chi connectivity index (χ4v) is 4.54. The lowest BCUT2D eigenvalue weighted by Crippen LogP contribution is -2.47. The van der Waals surface area contributed by atoms with Gasteiger partial charge in [-0.05, 0) is 25.7 Å². The molecule has 3 rings (SSSR count). The summed E-state index contributed by atoms with van der Waals surface area (Å²) in [7, 11) is 1.98. The molecule has 0 bridgehead atoms. The Morgan fingerprint density at radius 1 is 1.60 bits per heavy atom. The van der Waals surface area contributed by atoms with Crippen molar-refractivity contribution in [3.63, 3.8) is 0 Å². The first-order chi connectivity index (χ1) is 9.58. The molecule has 2 aliphatic rings. The van der Waals surface area contributed by atoms with E-state index >= 15 is 0 Å². The Bertz CT molecular complexity index is 522. The first-order valence-electron chi connectivity index (χ1n) is 7.51. The molecule has 1 spiro atoms. The number of rotatable bonds is 2. The van der Waals surface area contributed by atoms with Crippen LogP contribution in [0, 0.1) is 12.8 Å². The van der Waals surface area contributed by atoms with Crippen LogP contribution in [0.3, 0.4) is 0 Å². The van der Waals surface area contributed by atoms with Crippen molar-refractivity contribution in [1.29, 1.82) is 0 Å². The van der Waals surface area contributed by atoms with Crippen LogP contribution in [0.25, 0.3) is 0 Å². The van der Waals surface area contributed by atoms with Gasteiger partial charge in [-0.15, -0.1) is 0 Å². The summed E-state index contributed by atoms with van der Waals surface area (Å²) in [5.41, 5.74) is 2.75. The molecule has 1 aromatic rings. The topological polar surface area (TPSA) is 42.2 Å². The average Bonchev–Trinajstić information content (AvgIpc) is 2.94. The highest BCUT2D eigenvalue weighted by molar-refractivity contribution is 8.14. The van der Waals surface area contributed by atoms with E-state index in [0.717, 1.165) is 17.6 Å². The highest BCUT2D eigenvalue weighted by Crippen LogP contribution is 2.38. The summed E-state index contributed by atoms with van der Waals surface area (Å²) < 4.78 is 1.91. The van der Waals surface area contributed by atoms with E-state index in [0.29, 0.717) is 5.54 Å². The summed E-state index contributed by atoms with van der Waals surface area (Å²) >= 11 is 1.89. The molecule has 0 radical (unpaired) electrons. The Kier molecular flexibility index (Phi) is 3.80. The highest BCUT2D eigenvalue weighted by Gasteiger charge is 2.40. The standard InChI is InChI=1S/C15H24N4S/c1-11-5-4-6-15(7-11)10-20-14(18-15)16-8-13-9-17-19(3)12(13)2/h9,11H,4-8,10H2,1-3H3,(H,16,18). The van der Waals surface area contributed by atoms with Crippen molar-refractivity contribution in [2.75, 3.05) is 5.75 Å². The maximum absolute atomic E-state index is 4.76. The lowest BCUT2D eigenvalue weighted by Gasteiger charge is -2.36. The minimum atomic E-state index is 0.325. The van der Waals surface area contributed by atoms with E-state index in [1.54, 1.807) is 0 Å². The number of aryl methyl sites for hydroxylation is 1. The molecule has 20 heavy (non-hydrogen) atoms. The van der Waals surface area contributed by atoms with Crippen LogP contribution in [0.1, 0.15) is 43.9 Å². The third kappa shape index (κ3) is 2.73. The molecule has 1 aromatic heterocycles. The second kappa shape index (κ2) is 5.43. The van der Waals surface area contributed by atoms with E-state index in [1.807, 2.05) is 29.7 Å². The molecule has 1 saturated heterocycles. The van der Waals surface area contributed by atoms with Crippen LogP contribution in [-0.2, 0) is 13.6 Å². The molecular weight excluding hydrogens is 268 g/mol. The van der Waals surface area contributed by atoms with Gasteiger partial charge in [0, 0.05) is 29.6 Å². The minimum Gasteiger partial charge on any atom is -0.359 e. The van der Waals surface area contributed by atoms with Gasteiger partial charge in [-0.2, -0.15) is 5.10 Å². The number of thioether (sulfide) groups is 1. The van der Waals surface area contributed by atoms with Crippen molar-refractivity contribution in [2.45, 2.75) is 51.6 Å². The predicted octanol–water partition coefficient (Wildman–Crippen LogP) is 2.87. The quantitative estimate of drug-likeness (QED) is 0.911. The average molecular weight is 292 g/mol. The third-order valence-corrected chi connectivity index (χ3v) is 5.88. The molecule has 1 aliphatic heterocycles. The first kappa shape index (κ1) is 14.0. The lowest BCUT2D eigenvalue weighted by atomic mass is 9.78. The molecule has 0 amide bonds. The molecule has 110 valence electrons. The van der Waals surface area contributed by atoms with E-state index in [1.165, 1.54) is 42.7 Å². The summed E-state index contributed by atoms with van der Waals surface area (Å²) in [5.74, 6) is 2.03. The highest BCUT2D eigenvalue weighted by atomic mass is 32.2. The number of hydrogen-bond acceptors (Lipinski definition) is 3. The summed E-state index contributed by atoms with van der Waals surface area (Å²) in [4.78, 5) is 4.76. The maximum Gasteiger partial charge on any atom is 0.157 e. The van der Waals surface area contributed by atoms with Crippen LogP contribution >= 0.6 is 11.8 Å². The molecule has 2 unspecified atom stereocenters. The Hall–Kier alpha value is -0.970. The molecule has 2 fully saturated rings. The zero-order chi connectivity index (χ0) is 14.2. The zero-order valence-corrected chi connectivity index (χ0v) is 13.5. The van der Waals surface area contributed by atoms with Gasteiger partial charge in [0.25, 0.3) is 0 Å². The summed E-state index contributed by atoms with van der Waals surface area (Å²) in [6.45, 7) is 5.21. The van der Waals surface area contributed by atoms with Crippen molar-refractivity contribution in [3.05, 3.63) is 17.5 Å². The smallest absolute Gasteiger partial charge is 0.157 e. The van der Waals surface area contributed by atoms with Crippen molar-refractivity contribution in [1.82, 2.24) is 15.1 Å². The number of nitrogens with zero attached hydrogens (tertiary/aromatic N) is 3. The maximum atomic E-state index is 4.76. The van der Waals surface area contributed by atoms with Crippen LogP contribution in [0.5, 0.6) is 0 Å². The lowest BCUT2D eigenvalue weighted by molar-refractivity contribution is 0.242. The Morgan fingerprint density at radius 3 is 3.15 bits per heavy atom. The Labute approximate surface area is 125 Å². The van der Waals surface area contributed by atoms with Crippen molar-refractivity contribution in [2.24, 2.45) is 18.0 Å². The summed E-state index contributed by atoms with van der Waals surface area (Å²) in [6, 6.07) is 0. The number of hydrogen-bond donors (Lipinski definition) is 1. The SMILES string of the molecule is Cc1c(CN=C2NC3(CCCC(C)C3)CS2)cnn1C. The van der Waals surface area contributed by atoms with Gasteiger partial charge in [-0.25, -0.2) is 0 Å². The molecule has 0 aromatic carbocycles.